The fourth-order valence-corrected chi connectivity index (χ4v) is 4.77. The number of para-hydroxylation sites is 1. The van der Waals surface area contributed by atoms with Gasteiger partial charge in [0.2, 0.25) is 6.79 Å². The number of carbonyl (C=O) groups excluding carboxylic acids is 2. The summed E-state index contributed by atoms with van der Waals surface area (Å²) in [6.07, 6.45) is 0.668. The summed E-state index contributed by atoms with van der Waals surface area (Å²) in [5.41, 5.74) is 0.904. The van der Waals surface area contributed by atoms with Crippen LogP contribution in [0.3, 0.4) is 0 Å². The number of hydrogen-bond acceptors (Lipinski definition) is 8. The molecule has 2 aliphatic heterocycles. The van der Waals surface area contributed by atoms with Gasteiger partial charge in [-0.3, -0.25) is 9.59 Å². The Kier molecular flexibility index (Phi) is 7.69. The Bertz CT molecular complexity index is 1170. The quantitative estimate of drug-likeness (QED) is 0.303. The summed E-state index contributed by atoms with van der Waals surface area (Å²) in [4.78, 5) is 30.4. The van der Waals surface area contributed by atoms with E-state index in [0.29, 0.717) is 47.1 Å². The number of nitrogens with zero attached hydrogens (tertiary/aromatic N) is 2. The van der Waals surface area contributed by atoms with Crippen LogP contribution in [-0.2, 0) is 9.59 Å². The van der Waals surface area contributed by atoms with Gasteiger partial charge in [-0.25, -0.2) is 0 Å². The number of Topliss-reactive ketones (excluding diaryl/α,β-unsaturated/α-hetero) is 1. The van der Waals surface area contributed by atoms with E-state index in [1.165, 1.54) is 19.1 Å². The van der Waals surface area contributed by atoms with Crippen LogP contribution in [0.15, 0.2) is 42.0 Å². The van der Waals surface area contributed by atoms with Gasteiger partial charge in [-0.1, -0.05) is 26.0 Å². The van der Waals surface area contributed by atoms with E-state index in [4.69, 9.17) is 18.9 Å². The summed E-state index contributed by atoms with van der Waals surface area (Å²) < 4.78 is 21.9. The molecule has 192 valence electrons. The number of carbonyl (C=O) groups is 2. The molecule has 1 atom stereocenters. The Balaban J connectivity index is 1.81. The minimum Gasteiger partial charge on any atom is -0.507 e. The largest absolute Gasteiger partial charge is 0.507 e. The smallest absolute Gasteiger partial charge is 0.295 e. The summed E-state index contributed by atoms with van der Waals surface area (Å²) in [6.45, 7) is 7.16. The van der Waals surface area contributed by atoms with Crippen molar-refractivity contribution in [2.75, 3.05) is 47.2 Å². The maximum absolute atomic E-state index is 13.4. The van der Waals surface area contributed by atoms with Crippen LogP contribution in [0, 0.1) is 0 Å². The molecule has 1 amide bonds. The summed E-state index contributed by atoms with van der Waals surface area (Å²) in [5.74, 6) is 0.184. The Morgan fingerprint density at radius 3 is 2.53 bits per heavy atom. The van der Waals surface area contributed by atoms with Gasteiger partial charge in [-0.2, -0.15) is 0 Å². The standard InChI is InChI=1S/C27H32N2O7/c1-5-28(6-2)13-8-14-29-23(18-9-7-10-20(33-3)26(18)34-4)22(25(31)27(29)32)24(30)17-11-12-19-21(15-17)36-16-35-19/h7,9-12,15,23,30H,5-6,8,13-14,16H2,1-4H3. The van der Waals surface area contributed by atoms with Crippen molar-refractivity contribution in [3.05, 3.63) is 53.1 Å². The van der Waals surface area contributed by atoms with Crippen molar-refractivity contribution < 1.29 is 33.6 Å². The molecule has 36 heavy (non-hydrogen) atoms. The Morgan fingerprint density at radius 1 is 1.08 bits per heavy atom. The molecule has 0 radical (unpaired) electrons. The average Bonchev–Trinajstić information content (AvgIpc) is 3.47. The van der Waals surface area contributed by atoms with Gasteiger partial charge in [-0.05, 0) is 50.3 Å². The van der Waals surface area contributed by atoms with Gasteiger partial charge in [0.15, 0.2) is 23.0 Å². The molecule has 2 aliphatic rings. The van der Waals surface area contributed by atoms with Crippen LogP contribution >= 0.6 is 0 Å². The van der Waals surface area contributed by atoms with Gasteiger partial charge in [0.1, 0.15) is 5.76 Å². The van der Waals surface area contributed by atoms with Crippen molar-refractivity contribution in [2.45, 2.75) is 26.3 Å². The molecule has 1 saturated heterocycles. The van der Waals surface area contributed by atoms with E-state index in [2.05, 4.69) is 18.7 Å². The van der Waals surface area contributed by atoms with Crippen LogP contribution in [0.2, 0.25) is 0 Å². The number of likely N-dealkylation sites (tertiary alicyclic amines) is 1. The van der Waals surface area contributed by atoms with Crippen molar-refractivity contribution >= 4 is 17.4 Å². The van der Waals surface area contributed by atoms with Gasteiger partial charge in [0.05, 0.1) is 25.8 Å². The highest BCUT2D eigenvalue weighted by Crippen LogP contribution is 2.46. The van der Waals surface area contributed by atoms with Gasteiger partial charge in [0, 0.05) is 17.7 Å². The van der Waals surface area contributed by atoms with E-state index >= 15 is 0 Å². The first kappa shape index (κ1) is 25.4. The molecule has 1 N–H and O–H groups in total. The number of amides is 1. The molecule has 0 aromatic heterocycles. The summed E-state index contributed by atoms with van der Waals surface area (Å²) in [5, 5.41) is 11.4. The van der Waals surface area contributed by atoms with Crippen molar-refractivity contribution in [3.8, 4) is 23.0 Å². The van der Waals surface area contributed by atoms with Crippen LogP contribution in [-0.4, -0.2) is 73.8 Å². The third-order valence-corrected chi connectivity index (χ3v) is 6.68. The number of methoxy groups -OCH3 is 2. The van der Waals surface area contributed by atoms with E-state index in [-0.39, 0.29) is 18.1 Å². The van der Waals surface area contributed by atoms with Gasteiger partial charge < -0.3 is 33.9 Å². The molecular formula is C27H32N2O7. The van der Waals surface area contributed by atoms with Crippen molar-refractivity contribution in [1.29, 1.82) is 0 Å². The maximum Gasteiger partial charge on any atom is 0.295 e. The lowest BCUT2D eigenvalue weighted by Gasteiger charge is -2.28. The molecule has 0 bridgehead atoms. The van der Waals surface area contributed by atoms with Gasteiger partial charge in [-0.15, -0.1) is 0 Å². The Hall–Kier alpha value is -3.72. The monoisotopic (exact) mass is 496 g/mol. The summed E-state index contributed by atoms with van der Waals surface area (Å²) in [6, 6.07) is 9.35. The minimum atomic E-state index is -0.850. The first-order valence-corrected chi connectivity index (χ1v) is 12.1. The third-order valence-electron chi connectivity index (χ3n) is 6.68. The third kappa shape index (κ3) is 4.58. The van der Waals surface area contributed by atoms with E-state index in [1.54, 1.807) is 36.4 Å². The average molecular weight is 497 g/mol. The van der Waals surface area contributed by atoms with Crippen molar-refractivity contribution in [3.63, 3.8) is 0 Å². The van der Waals surface area contributed by atoms with Crippen molar-refractivity contribution in [2.24, 2.45) is 0 Å². The second kappa shape index (κ2) is 10.9. The summed E-state index contributed by atoms with van der Waals surface area (Å²) >= 11 is 0. The predicted octanol–water partition coefficient (Wildman–Crippen LogP) is 3.59. The molecule has 0 spiro atoms. The number of benzene rings is 2. The van der Waals surface area contributed by atoms with E-state index < -0.39 is 17.7 Å². The van der Waals surface area contributed by atoms with E-state index in [0.717, 1.165) is 19.6 Å². The van der Waals surface area contributed by atoms with Gasteiger partial charge in [0.25, 0.3) is 11.7 Å². The molecule has 1 fully saturated rings. The second-order valence-corrected chi connectivity index (χ2v) is 8.52. The number of aliphatic hydroxyl groups excluding tert-OH is 1. The normalized spacial score (nSPS) is 18.2. The molecule has 0 aliphatic carbocycles. The number of rotatable bonds is 10. The highest BCUT2D eigenvalue weighted by molar-refractivity contribution is 6.46. The molecule has 4 rings (SSSR count). The Labute approximate surface area is 210 Å². The number of hydrogen-bond donors (Lipinski definition) is 1. The zero-order valence-electron chi connectivity index (χ0n) is 21.1. The first-order chi connectivity index (χ1) is 17.4. The van der Waals surface area contributed by atoms with E-state index in [1.807, 2.05) is 0 Å². The lowest BCUT2D eigenvalue weighted by molar-refractivity contribution is -0.140. The molecular weight excluding hydrogens is 464 g/mol. The van der Waals surface area contributed by atoms with Crippen LogP contribution in [0.25, 0.3) is 5.76 Å². The van der Waals surface area contributed by atoms with Gasteiger partial charge >= 0.3 is 0 Å². The summed E-state index contributed by atoms with van der Waals surface area (Å²) in [7, 11) is 3.03. The first-order valence-electron chi connectivity index (χ1n) is 12.1. The zero-order valence-corrected chi connectivity index (χ0v) is 21.1. The number of ether oxygens (including phenoxy) is 4. The lowest BCUT2D eigenvalue weighted by atomic mass is 9.94. The van der Waals surface area contributed by atoms with Crippen molar-refractivity contribution in [1.82, 2.24) is 9.80 Å². The molecule has 9 heteroatoms. The highest BCUT2D eigenvalue weighted by atomic mass is 16.7. The van der Waals surface area contributed by atoms with Crippen LogP contribution < -0.4 is 18.9 Å². The van der Waals surface area contributed by atoms with E-state index in [9.17, 15) is 14.7 Å². The van der Waals surface area contributed by atoms with Crippen LogP contribution in [0.1, 0.15) is 37.4 Å². The number of ketones is 1. The minimum absolute atomic E-state index is 0.00624. The second-order valence-electron chi connectivity index (χ2n) is 8.52. The lowest BCUT2D eigenvalue weighted by Crippen LogP contribution is -2.33. The molecule has 2 heterocycles. The zero-order chi connectivity index (χ0) is 25.8. The predicted molar refractivity (Wildman–Crippen MR) is 134 cm³/mol. The fourth-order valence-electron chi connectivity index (χ4n) is 4.77. The SMILES string of the molecule is CCN(CC)CCCN1C(=O)C(=O)C(=C(O)c2ccc3c(c2)OCO3)C1c1cccc(OC)c1OC. The fraction of sp³-hybridized carbons (Fsp3) is 0.407. The number of aliphatic hydroxyl groups is 1. The molecule has 0 saturated carbocycles. The molecule has 2 aromatic carbocycles. The molecule has 2 aromatic rings. The maximum atomic E-state index is 13.4. The Morgan fingerprint density at radius 2 is 1.83 bits per heavy atom. The highest BCUT2D eigenvalue weighted by Gasteiger charge is 2.47. The molecule has 1 unspecified atom stereocenters. The topological polar surface area (TPSA) is 97.8 Å². The van der Waals surface area contributed by atoms with Crippen LogP contribution in [0.5, 0.6) is 23.0 Å². The number of fused-ring (bicyclic) bond motifs is 1. The van der Waals surface area contributed by atoms with Crippen LogP contribution in [0.4, 0.5) is 0 Å². The molecule has 9 nitrogen and oxygen atoms in total.